The van der Waals surface area contributed by atoms with Crippen molar-refractivity contribution in [2.45, 2.75) is 31.9 Å². The molecule has 2 unspecified atom stereocenters. The van der Waals surface area contributed by atoms with Gasteiger partial charge in [0.2, 0.25) is 5.91 Å². The van der Waals surface area contributed by atoms with Gasteiger partial charge in [0, 0.05) is 26.7 Å². The van der Waals surface area contributed by atoms with Gasteiger partial charge in [-0.15, -0.1) is 0 Å². The van der Waals surface area contributed by atoms with Crippen LogP contribution in [-0.4, -0.2) is 55.7 Å². The van der Waals surface area contributed by atoms with Gasteiger partial charge in [-0.3, -0.25) is 9.69 Å². The van der Waals surface area contributed by atoms with Crippen LogP contribution < -0.4 is 11.1 Å². The third kappa shape index (κ3) is 3.17. The first-order valence-corrected chi connectivity index (χ1v) is 5.82. The highest BCUT2D eigenvalue weighted by Crippen LogP contribution is 2.15. The normalized spacial score (nSPS) is 25.6. The number of rotatable bonds is 6. The summed E-state index contributed by atoms with van der Waals surface area (Å²) < 4.78 is 5.30. The third-order valence-electron chi connectivity index (χ3n) is 3.21. The lowest BCUT2D eigenvalue weighted by Gasteiger charge is -2.31. The molecule has 0 radical (unpaired) electrons. The topological polar surface area (TPSA) is 67.6 Å². The molecule has 1 aliphatic heterocycles. The van der Waals surface area contributed by atoms with E-state index in [9.17, 15) is 4.79 Å². The molecule has 1 heterocycles. The molecule has 0 bridgehead atoms. The summed E-state index contributed by atoms with van der Waals surface area (Å²) in [5.74, 6) is -0.296. The van der Waals surface area contributed by atoms with Crippen LogP contribution in [0, 0.1) is 0 Å². The van der Waals surface area contributed by atoms with Crippen molar-refractivity contribution in [3.8, 4) is 0 Å². The van der Waals surface area contributed by atoms with Crippen LogP contribution in [0.5, 0.6) is 0 Å². The zero-order valence-electron chi connectivity index (χ0n) is 10.5. The van der Waals surface area contributed by atoms with Crippen LogP contribution in [0.3, 0.4) is 0 Å². The van der Waals surface area contributed by atoms with Gasteiger partial charge in [0.25, 0.3) is 0 Å². The van der Waals surface area contributed by atoms with Gasteiger partial charge in [-0.05, 0) is 19.9 Å². The summed E-state index contributed by atoms with van der Waals surface area (Å²) in [7, 11) is 1.73. The zero-order chi connectivity index (χ0) is 12.2. The number of likely N-dealkylation sites (N-methyl/N-ethyl adjacent to an activating group) is 1. The number of likely N-dealkylation sites (tertiary alicyclic amines) is 1. The van der Waals surface area contributed by atoms with Crippen LogP contribution in [0.1, 0.15) is 20.3 Å². The average molecular weight is 229 g/mol. The summed E-state index contributed by atoms with van der Waals surface area (Å²) in [5.41, 5.74) is 4.80. The number of nitrogens with two attached hydrogens (primary N) is 1. The summed E-state index contributed by atoms with van der Waals surface area (Å²) in [6.45, 7) is 7.07. The van der Waals surface area contributed by atoms with E-state index < -0.39 is 5.54 Å². The van der Waals surface area contributed by atoms with E-state index in [1.54, 1.807) is 7.11 Å². The molecule has 5 nitrogen and oxygen atoms in total. The molecular formula is C11H23N3O2. The SMILES string of the molecule is CCNC(C)(CN1CCC(OC)C1)C(N)=O. The maximum absolute atomic E-state index is 11.5. The molecule has 0 aliphatic carbocycles. The fraction of sp³-hybridized carbons (Fsp3) is 0.909. The van der Waals surface area contributed by atoms with E-state index >= 15 is 0 Å². The van der Waals surface area contributed by atoms with E-state index in [0.29, 0.717) is 12.6 Å². The highest BCUT2D eigenvalue weighted by Gasteiger charge is 2.34. The monoisotopic (exact) mass is 229 g/mol. The first-order valence-electron chi connectivity index (χ1n) is 5.82. The van der Waals surface area contributed by atoms with E-state index in [1.807, 2.05) is 13.8 Å². The van der Waals surface area contributed by atoms with Gasteiger partial charge in [-0.1, -0.05) is 6.92 Å². The molecule has 1 fully saturated rings. The van der Waals surface area contributed by atoms with E-state index in [0.717, 1.165) is 26.1 Å². The van der Waals surface area contributed by atoms with Crippen molar-refractivity contribution in [3.63, 3.8) is 0 Å². The summed E-state index contributed by atoms with van der Waals surface area (Å²) in [4.78, 5) is 13.7. The number of hydrogen-bond acceptors (Lipinski definition) is 4. The predicted molar refractivity (Wildman–Crippen MR) is 63.1 cm³/mol. The van der Waals surface area contributed by atoms with Crippen molar-refractivity contribution < 1.29 is 9.53 Å². The van der Waals surface area contributed by atoms with Crippen LogP contribution in [0.2, 0.25) is 0 Å². The number of hydrogen-bond donors (Lipinski definition) is 2. The maximum atomic E-state index is 11.5. The fourth-order valence-corrected chi connectivity index (χ4v) is 2.19. The Morgan fingerprint density at radius 3 is 2.81 bits per heavy atom. The molecule has 0 aromatic heterocycles. The first kappa shape index (κ1) is 13.4. The van der Waals surface area contributed by atoms with Crippen LogP contribution in [-0.2, 0) is 9.53 Å². The van der Waals surface area contributed by atoms with Crippen molar-refractivity contribution in [1.82, 2.24) is 10.2 Å². The number of nitrogens with zero attached hydrogens (tertiary/aromatic N) is 1. The van der Waals surface area contributed by atoms with Gasteiger partial charge in [-0.2, -0.15) is 0 Å². The van der Waals surface area contributed by atoms with Crippen LogP contribution in [0.4, 0.5) is 0 Å². The molecule has 2 atom stereocenters. The number of amides is 1. The van der Waals surface area contributed by atoms with Crippen molar-refractivity contribution in [2.75, 3.05) is 33.3 Å². The highest BCUT2D eigenvalue weighted by atomic mass is 16.5. The second-order valence-electron chi connectivity index (χ2n) is 4.61. The predicted octanol–water partition coefficient (Wildman–Crippen LogP) is -0.439. The molecule has 0 aromatic rings. The molecule has 16 heavy (non-hydrogen) atoms. The lowest BCUT2D eigenvalue weighted by Crippen LogP contribution is -2.59. The molecule has 1 rings (SSSR count). The van der Waals surface area contributed by atoms with Crippen LogP contribution >= 0.6 is 0 Å². The van der Waals surface area contributed by atoms with Gasteiger partial charge in [-0.25, -0.2) is 0 Å². The Balaban J connectivity index is 2.53. The van der Waals surface area contributed by atoms with Gasteiger partial charge >= 0.3 is 0 Å². The summed E-state index contributed by atoms with van der Waals surface area (Å²) in [6, 6.07) is 0. The number of primary amides is 1. The highest BCUT2D eigenvalue weighted by molar-refractivity contribution is 5.84. The van der Waals surface area contributed by atoms with Gasteiger partial charge in [0.05, 0.1) is 6.10 Å². The minimum absolute atomic E-state index is 0.291. The maximum Gasteiger partial charge on any atom is 0.238 e. The van der Waals surface area contributed by atoms with Crippen molar-refractivity contribution >= 4 is 5.91 Å². The minimum atomic E-state index is -0.641. The van der Waals surface area contributed by atoms with E-state index in [1.165, 1.54) is 0 Å². The molecule has 1 aliphatic rings. The Kier molecular flexibility index (Phi) is 4.70. The Hall–Kier alpha value is -0.650. The average Bonchev–Trinajstić information content (AvgIpc) is 2.65. The Morgan fingerprint density at radius 2 is 2.38 bits per heavy atom. The number of methoxy groups -OCH3 is 1. The number of nitrogens with one attached hydrogen (secondary N) is 1. The summed E-state index contributed by atoms with van der Waals surface area (Å²) in [6.07, 6.45) is 1.32. The molecule has 0 spiro atoms. The van der Waals surface area contributed by atoms with Crippen LogP contribution in [0.15, 0.2) is 0 Å². The Bertz CT molecular complexity index is 247. The molecule has 94 valence electrons. The number of ether oxygens (including phenoxy) is 1. The Labute approximate surface area is 97.3 Å². The fourth-order valence-electron chi connectivity index (χ4n) is 2.19. The Morgan fingerprint density at radius 1 is 1.69 bits per heavy atom. The first-order chi connectivity index (χ1) is 7.51. The summed E-state index contributed by atoms with van der Waals surface area (Å²) >= 11 is 0. The van der Waals surface area contributed by atoms with Crippen LogP contribution in [0.25, 0.3) is 0 Å². The second kappa shape index (κ2) is 5.61. The van der Waals surface area contributed by atoms with Gasteiger partial charge < -0.3 is 15.8 Å². The zero-order valence-corrected chi connectivity index (χ0v) is 10.5. The molecular weight excluding hydrogens is 206 g/mol. The van der Waals surface area contributed by atoms with E-state index in [2.05, 4.69) is 10.2 Å². The van der Waals surface area contributed by atoms with E-state index in [-0.39, 0.29) is 5.91 Å². The molecule has 0 saturated carbocycles. The smallest absolute Gasteiger partial charge is 0.238 e. The number of carbonyl (C=O) groups excluding carboxylic acids is 1. The van der Waals surface area contributed by atoms with Gasteiger partial charge in [0.15, 0.2) is 0 Å². The molecule has 3 N–H and O–H groups in total. The minimum Gasteiger partial charge on any atom is -0.380 e. The number of carbonyl (C=O) groups is 1. The lowest BCUT2D eigenvalue weighted by atomic mass is 10.0. The van der Waals surface area contributed by atoms with Crippen molar-refractivity contribution in [1.29, 1.82) is 0 Å². The van der Waals surface area contributed by atoms with Crippen molar-refractivity contribution in [2.24, 2.45) is 5.73 Å². The standard InChI is InChI=1S/C11H23N3O2/c1-4-13-11(2,10(12)15)8-14-6-5-9(7-14)16-3/h9,13H,4-8H2,1-3H3,(H2,12,15). The van der Waals surface area contributed by atoms with Gasteiger partial charge in [0.1, 0.15) is 5.54 Å². The quantitative estimate of drug-likeness (QED) is 0.648. The second-order valence-corrected chi connectivity index (χ2v) is 4.61. The molecule has 0 aromatic carbocycles. The largest absolute Gasteiger partial charge is 0.380 e. The molecule has 1 amide bonds. The molecule has 1 saturated heterocycles. The third-order valence-corrected chi connectivity index (χ3v) is 3.21. The summed E-state index contributed by atoms with van der Waals surface area (Å²) in [5, 5.41) is 3.16. The molecule has 5 heteroatoms. The lowest BCUT2D eigenvalue weighted by molar-refractivity contribution is -0.124. The van der Waals surface area contributed by atoms with Crippen molar-refractivity contribution in [3.05, 3.63) is 0 Å². The van der Waals surface area contributed by atoms with E-state index in [4.69, 9.17) is 10.5 Å².